The Morgan fingerprint density at radius 3 is 2.78 bits per heavy atom. The molecule has 0 aliphatic heterocycles. The highest BCUT2D eigenvalue weighted by molar-refractivity contribution is 7.14. The fraction of sp³-hybridized carbons (Fsp3) is 0.421. The molecule has 4 rings (SSSR count). The summed E-state index contributed by atoms with van der Waals surface area (Å²) in [7, 11) is 0. The Morgan fingerprint density at radius 2 is 2.07 bits per heavy atom. The maximum atomic E-state index is 12.5. The van der Waals surface area contributed by atoms with Gasteiger partial charge >= 0.3 is 0 Å². The first kappa shape index (κ1) is 17.9. The normalized spacial score (nSPS) is 19.9. The highest BCUT2D eigenvalue weighted by Crippen LogP contribution is 2.29. The number of fused-ring (bicyclic) bond motifs is 1. The van der Waals surface area contributed by atoms with Crippen molar-refractivity contribution in [2.75, 3.05) is 11.9 Å². The number of amides is 1. The van der Waals surface area contributed by atoms with Gasteiger partial charge in [0.05, 0.1) is 5.52 Å². The van der Waals surface area contributed by atoms with Crippen LogP contribution in [0.25, 0.3) is 21.6 Å². The number of pyridine rings is 2. The Kier molecular flexibility index (Phi) is 5.09. The molecule has 27 heavy (non-hydrogen) atoms. The van der Waals surface area contributed by atoms with E-state index in [1.165, 1.54) is 11.3 Å². The van der Waals surface area contributed by atoms with Gasteiger partial charge in [-0.05, 0) is 50.7 Å². The summed E-state index contributed by atoms with van der Waals surface area (Å²) in [5, 5.41) is 22.9. The summed E-state index contributed by atoms with van der Waals surface area (Å²) >= 11 is 1.50. The fourth-order valence-corrected chi connectivity index (χ4v) is 4.10. The fourth-order valence-electron chi connectivity index (χ4n) is 3.44. The van der Waals surface area contributed by atoms with Crippen molar-refractivity contribution in [3.63, 3.8) is 0 Å². The summed E-state index contributed by atoms with van der Waals surface area (Å²) in [5.41, 5.74) is 1.52. The van der Waals surface area contributed by atoms with Crippen LogP contribution in [-0.4, -0.2) is 37.8 Å². The van der Waals surface area contributed by atoms with Gasteiger partial charge in [0.25, 0.3) is 0 Å². The quantitative estimate of drug-likeness (QED) is 0.717. The molecule has 3 heterocycles. The predicted molar refractivity (Wildman–Crippen MR) is 104 cm³/mol. The van der Waals surface area contributed by atoms with Crippen LogP contribution in [0.3, 0.4) is 0 Å². The molecule has 0 radical (unpaired) electrons. The van der Waals surface area contributed by atoms with Crippen molar-refractivity contribution in [3.8, 4) is 10.7 Å². The average Bonchev–Trinajstić information content (AvgIpc) is 3.14. The van der Waals surface area contributed by atoms with Gasteiger partial charge in [0.2, 0.25) is 5.91 Å². The average molecular weight is 383 g/mol. The van der Waals surface area contributed by atoms with Gasteiger partial charge in [0.15, 0.2) is 5.01 Å². The van der Waals surface area contributed by atoms with Gasteiger partial charge in [0, 0.05) is 30.2 Å². The number of aromatic nitrogens is 4. The number of nitrogens with one attached hydrogen (secondary N) is 1. The zero-order chi connectivity index (χ0) is 18.8. The lowest BCUT2D eigenvalue weighted by Crippen LogP contribution is -2.28. The lowest BCUT2D eigenvalue weighted by atomic mass is 9.82. The monoisotopic (exact) mass is 383 g/mol. The number of nitrogens with zero attached hydrogens (tertiary/aromatic N) is 4. The molecule has 1 fully saturated rings. The zero-order valence-electron chi connectivity index (χ0n) is 15.1. The number of carbonyl (C=O) groups excluding carboxylic acids is 1. The largest absolute Gasteiger partial charge is 0.396 e. The number of rotatable bonds is 4. The van der Waals surface area contributed by atoms with Crippen molar-refractivity contribution in [1.29, 1.82) is 0 Å². The topological polar surface area (TPSA) is 101 Å². The highest BCUT2D eigenvalue weighted by Gasteiger charge is 2.26. The molecule has 0 saturated heterocycles. The van der Waals surface area contributed by atoms with Crippen molar-refractivity contribution in [3.05, 3.63) is 29.4 Å². The van der Waals surface area contributed by atoms with Crippen LogP contribution in [-0.2, 0) is 4.79 Å². The Bertz CT molecular complexity index is 966. The van der Waals surface area contributed by atoms with E-state index >= 15 is 0 Å². The predicted octanol–water partition coefficient (Wildman–Crippen LogP) is 3.19. The molecule has 140 valence electrons. The van der Waals surface area contributed by atoms with Gasteiger partial charge in [-0.15, -0.1) is 10.2 Å². The Hall–Kier alpha value is -2.45. The molecule has 1 aliphatic carbocycles. The molecule has 3 aromatic heterocycles. The van der Waals surface area contributed by atoms with Crippen LogP contribution in [0.15, 0.2) is 24.4 Å². The molecule has 0 atom stereocenters. The minimum atomic E-state index is -0.0195. The van der Waals surface area contributed by atoms with Crippen molar-refractivity contribution in [1.82, 2.24) is 20.2 Å². The number of aryl methyl sites for hydroxylation is 1. The van der Waals surface area contributed by atoms with E-state index in [1.807, 2.05) is 19.1 Å². The smallest absolute Gasteiger partial charge is 0.228 e. The summed E-state index contributed by atoms with van der Waals surface area (Å²) in [4.78, 5) is 21.5. The van der Waals surface area contributed by atoms with Gasteiger partial charge in [0.1, 0.15) is 16.5 Å². The SMILES string of the molecule is Cc1nnc(-c2ccc3cnc(NC(=O)C4CCC(CO)CC4)cc3n2)s1. The molecule has 8 heteroatoms. The van der Waals surface area contributed by atoms with Gasteiger partial charge in [-0.2, -0.15) is 0 Å². The summed E-state index contributed by atoms with van der Waals surface area (Å²) in [5.74, 6) is 0.817. The van der Waals surface area contributed by atoms with E-state index in [0.717, 1.165) is 52.3 Å². The van der Waals surface area contributed by atoms with Crippen LogP contribution in [0, 0.1) is 18.8 Å². The number of aliphatic hydroxyl groups is 1. The second-order valence-electron chi connectivity index (χ2n) is 6.97. The van der Waals surface area contributed by atoms with E-state index in [-0.39, 0.29) is 18.4 Å². The van der Waals surface area contributed by atoms with Crippen LogP contribution >= 0.6 is 11.3 Å². The van der Waals surface area contributed by atoms with E-state index in [4.69, 9.17) is 0 Å². The van der Waals surface area contributed by atoms with E-state index < -0.39 is 0 Å². The van der Waals surface area contributed by atoms with Gasteiger partial charge in [-0.1, -0.05) is 11.3 Å². The Balaban J connectivity index is 1.51. The molecule has 3 aromatic rings. The lowest BCUT2D eigenvalue weighted by molar-refractivity contribution is -0.121. The van der Waals surface area contributed by atoms with E-state index in [1.54, 1.807) is 12.3 Å². The minimum Gasteiger partial charge on any atom is -0.396 e. The molecule has 1 saturated carbocycles. The summed E-state index contributed by atoms with van der Waals surface area (Å²) < 4.78 is 0. The van der Waals surface area contributed by atoms with Crippen LogP contribution in [0.4, 0.5) is 5.82 Å². The van der Waals surface area contributed by atoms with Gasteiger partial charge < -0.3 is 10.4 Å². The van der Waals surface area contributed by atoms with Crippen LogP contribution in [0.2, 0.25) is 0 Å². The van der Waals surface area contributed by atoms with Crippen LogP contribution in [0.1, 0.15) is 30.7 Å². The molecule has 1 aliphatic rings. The molecule has 1 amide bonds. The first-order chi connectivity index (χ1) is 13.1. The third-order valence-corrected chi connectivity index (χ3v) is 5.91. The molecule has 0 bridgehead atoms. The third kappa shape index (κ3) is 3.96. The van der Waals surface area contributed by atoms with Gasteiger partial charge in [-0.25, -0.2) is 9.97 Å². The molecule has 2 N–H and O–H groups in total. The standard InChI is InChI=1S/C19H21N5O2S/c1-11-23-24-19(27-11)15-7-6-14-9-20-17(8-16(14)21-15)22-18(26)13-4-2-12(10-25)3-5-13/h6-9,12-13,25H,2-5,10H2,1H3,(H,20,22,26). The molecule has 0 unspecified atom stereocenters. The number of hydrogen-bond acceptors (Lipinski definition) is 7. The molecular formula is C19H21N5O2S. The maximum Gasteiger partial charge on any atom is 0.228 e. The number of anilines is 1. The summed E-state index contributed by atoms with van der Waals surface area (Å²) in [6.45, 7) is 2.12. The summed E-state index contributed by atoms with van der Waals surface area (Å²) in [6, 6.07) is 5.65. The van der Waals surface area contributed by atoms with E-state index in [0.29, 0.717) is 11.7 Å². The zero-order valence-corrected chi connectivity index (χ0v) is 15.9. The van der Waals surface area contributed by atoms with E-state index in [2.05, 4.69) is 25.5 Å². The second kappa shape index (κ2) is 7.66. The number of aliphatic hydroxyl groups excluding tert-OH is 1. The van der Waals surface area contributed by atoms with Crippen LogP contribution < -0.4 is 5.32 Å². The molecule has 0 spiro atoms. The molecule has 7 nitrogen and oxygen atoms in total. The van der Waals surface area contributed by atoms with Crippen LogP contribution in [0.5, 0.6) is 0 Å². The Morgan fingerprint density at radius 1 is 1.26 bits per heavy atom. The number of carbonyl (C=O) groups is 1. The minimum absolute atomic E-state index is 0.00542. The lowest BCUT2D eigenvalue weighted by Gasteiger charge is -2.26. The Labute approximate surface area is 160 Å². The van der Waals surface area contributed by atoms with Crippen molar-refractivity contribution < 1.29 is 9.90 Å². The third-order valence-electron chi connectivity index (χ3n) is 5.05. The first-order valence-corrected chi connectivity index (χ1v) is 9.93. The molecular weight excluding hydrogens is 362 g/mol. The second-order valence-corrected chi connectivity index (χ2v) is 8.16. The highest BCUT2D eigenvalue weighted by atomic mass is 32.1. The molecule has 0 aromatic carbocycles. The maximum absolute atomic E-state index is 12.5. The van der Waals surface area contributed by atoms with Crippen molar-refractivity contribution >= 4 is 34.0 Å². The number of hydrogen-bond donors (Lipinski definition) is 2. The van der Waals surface area contributed by atoms with Crippen molar-refractivity contribution in [2.24, 2.45) is 11.8 Å². The first-order valence-electron chi connectivity index (χ1n) is 9.11. The van der Waals surface area contributed by atoms with Crippen molar-refractivity contribution in [2.45, 2.75) is 32.6 Å². The van der Waals surface area contributed by atoms with E-state index in [9.17, 15) is 9.90 Å². The van der Waals surface area contributed by atoms with Gasteiger partial charge in [-0.3, -0.25) is 4.79 Å². The summed E-state index contributed by atoms with van der Waals surface area (Å²) in [6.07, 6.45) is 5.13.